The van der Waals surface area contributed by atoms with Crippen LogP contribution in [0, 0.1) is 27.4 Å². The van der Waals surface area contributed by atoms with Gasteiger partial charge in [0.1, 0.15) is 12.4 Å². The Bertz CT molecular complexity index is 1290. The number of anilines is 1. The van der Waals surface area contributed by atoms with Crippen molar-refractivity contribution in [1.29, 1.82) is 0 Å². The molecule has 10 heteroatoms. The van der Waals surface area contributed by atoms with Crippen LogP contribution in [0.2, 0.25) is 5.02 Å². The summed E-state index contributed by atoms with van der Waals surface area (Å²) in [5, 5.41) is 23.7. The van der Waals surface area contributed by atoms with Crippen LogP contribution >= 0.6 is 11.6 Å². The van der Waals surface area contributed by atoms with Crippen molar-refractivity contribution in [1.82, 2.24) is 19.6 Å². The highest BCUT2D eigenvalue weighted by Gasteiger charge is 2.59. The SMILES string of the molecule is O=C(CC12CC3CC(C1)CC(n1cc([N+](=O)[O-])cn1)(C3)C2)Nc1cnn(Cc2cccc(Cl)c2)c1. The van der Waals surface area contributed by atoms with Gasteiger partial charge >= 0.3 is 5.69 Å². The maximum Gasteiger partial charge on any atom is 0.307 e. The lowest BCUT2D eigenvalue weighted by molar-refractivity contribution is -0.385. The van der Waals surface area contributed by atoms with Crippen LogP contribution < -0.4 is 5.32 Å². The minimum atomic E-state index is -0.389. The summed E-state index contributed by atoms with van der Waals surface area (Å²) in [7, 11) is 0. The van der Waals surface area contributed by atoms with Crippen molar-refractivity contribution in [2.24, 2.45) is 17.3 Å². The van der Waals surface area contributed by atoms with E-state index in [1.807, 2.05) is 35.1 Å². The second kappa shape index (κ2) is 8.19. The number of hydrogen-bond acceptors (Lipinski definition) is 5. The lowest BCUT2D eigenvalue weighted by Crippen LogP contribution is -2.57. The smallest absolute Gasteiger partial charge is 0.307 e. The molecular formula is C25H27ClN6O3. The number of aromatic nitrogens is 4. The Balaban J connectivity index is 1.15. The molecule has 7 rings (SSSR count). The molecular weight excluding hydrogens is 468 g/mol. The molecule has 0 spiro atoms. The molecule has 2 aromatic heterocycles. The van der Waals surface area contributed by atoms with Gasteiger partial charge in [0.2, 0.25) is 5.91 Å². The first-order valence-corrected chi connectivity index (χ1v) is 12.4. The summed E-state index contributed by atoms with van der Waals surface area (Å²) in [4.78, 5) is 24.0. The summed E-state index contributed by atoms with van der Waals surface area (Å²) in [6, 6.07) is 7.63. The quantitative estimate of drug-likeness (QED) is 0.366. The van der Waals surface area contributed by atoms with Crippen LogP contribution in [0.1, 0.15) is 50.5 Å². The highest BCUT2D eigenvalue weighted by atomic mass is 35.5. The number of nitro groups is 1. The van der Waals surface area contributed by atoms with Gasteiger partial charge in [-0.05, 0) is 73.5 Å². The monoisotopic (exact) mass is 494 g/mol. The van der Waals surface area contributed by atoms with E-state index in [0.29, 0.717) is 35.5 Å². The van der Waals surface area contributed by atoms with Crippen molar-refractivity contribution in [2.45, 2.75) is 57.0 Å². The highest BCUT2D eigenvalue weighted by molar-refractivity contribution is 6.30. The minimum absolute atomic E-state index is 0.00384. The fourth-order valence-electron chi connectivity index (χ4n) is 7.43. The number of amides is 1. The van der Waals surface area contributed by atoms with Gasteiger partial charge in [0, 0.05) is 17.6 Å². The van der Waals surface area contributed by atoms with Crippen molar-refractivity contribution < 1.29 is 9.72 Å². The zero-order chi connectivity index (χ0) is 24.2. The predicted octanol–water partition coefficient (Wildman–Crippen LogP) is 5.01. The number of benzene rings is 1. The van der Waals surface area contributed by atoms with E-state index in [4.69, 9.17) is 11.6 Å². The molecule has 1 amide bonds. The number of halogens is 1. The number of carbonyl (C=O) groups excluding carboxylic acids is 1. The van der Waals surface area contributed by atoms with Crippen molar-refractivity contribution >= 4 is 28.9 Å². The lowest BCUT2D eigenvalue weighted by Gasteiger charge is -2.61. The van der Waals surface area contributed by atoms with E-state index in [1.54, 1.807) is 17.1 Å². The Morgan fingerprint density at radius 2 is 1.97 bits per heavy atom. The van der Waals surface area contributed by atoms with E-state index in [2.05, 4.69) is 15.5 Å². The number of rotatable bonds is 7. The largest absolute Gasteiger partial charge is 0.323 e. The van der Waals surface area contributed by atoms with Crippen molar-refractivity contribution in [2.75, 3.05) is 5.32 Å². The van der Waals surface area contributed by atoms with Crippen LogP contribution in [-0.2, 0) is 16.9 Å². The summed E-state index contributed by atoms with van der Waals surface area (Å²) < 4.78 is 3.63. The Labute approximate surface area is 207 Å². The molecule has 1 aromatic carbocycles. The molecule has 0 saturated heterocycles. The van der Waals surface area contributed by atoms with Gasteiger partial charge in [0.25, 0.3) is 0 Å². The molecule has 0 radical (unpaired) electrons. The number of nitrogens with zero attached hydrogens (tertiary/aromatic N) is 5. The van der Waals surface area contributed by atoms with Crippen LogP contribution in [0.5, 0.6) is 0 Å². The Kier molecular flexibility index (Phi) is 5.21. The third-order valence-corrected chi connectivity index (χ3v) is 8.34. The van der Waals surface area contributed by atoms with Crippen molar-refractivity contribution in [3.05, 3.63) is 69.8 Å². The third-order valence-electron chi connectivity index (χ3n) is 8.10. The molecule has 2 heterocycles. The fraction of sp³-hybridized carbons (Fsp3) is 0.480. The summed E-state index contributed by atoms with van der Waals surface area (Å²) in [6.07, 6.45) is 13.0. The van der Waals surface area contributed by atoms with Crippen LogP contribution in [0.3, 0.4) is 0 Å². The minimum Gasteiger partial charge on any atom is -0.323 e. The summed E-state index contributed by atoms with van der Waals surface area (Å²) in [5.74, 6) is 1.07. The van der Waals surface area contributed by atoms with Crippen LogP contribution in [0.25, 0.3) is 0 Å². The topological polar surface area (TPSA) is 108 Å². The van der Waals surface area contributed by atoms with Gasteiger partial charge in [-0.15, -0.1) is 0 Å². The average Bonchev–Trinajstić information content (AvgIpc) is 3.43. The molecule has 4 bridgehead atoms. The maximum atomic E-state index is 13.2. The van der Waals surface area contributed by atoms with Crippen LogP contribution in [0.15, 0.2) is 49.1 Å². The van der Waals surface area contributed by atoms with Gasteiger partial charge < -0.3 is 5.32 Å². The van der Waals surface area contributed by atoms with E-state index < -0.39 is 0 Å². The first-order chi connectivity index (χ1) is 16.8. The van der Waals surface area contributed by atoms with Crippen molar-refractivity contribution in [3.63, 3.8) is 0 Å². The van der Waals surface area contributed by atoms with Gasteiger partial charge in [-0.3, -0.25) is 24.3 Å². The van der Waals surface area contributed by atoms with Crippen molar-refractivity contribution in [3.8, 4) is 0 Å². The first-order valence-electron chi connectivity index (χ1n) is 12.1. The van der Waals surface area contributed by atoms with Gasteiger partial charge in [-0.2, -0.15) is 10.2 Å². The van der Waals surface area contributed by atoms with E-state index in [-0.39, 0.29) is 27.5 Å². The van der Waals surface area contributed by atoms with E-state index >= 15 is 0 Å². The van der Waals surface area contributed by atoms with Gasteiger partial charge in [-0.1, -0.05) is 23.7 Å². The van der Waals surface area contributed by atoms with Crippen LogP contribution in [0.4, 0.5) is 11.4 Å². The summed E-state index contributed by atoms with van der Waals surface area (Å²) in [6.45, 7) is 0.572. The number of nitrogens with one attached hydrogen (secondary N) is 1. The zero-order valence-electron chi connectivity index (χ0n) is 19.3. The second-order valence-corrected chi connectivity index (χ2v) is 11.3. The van der Waals surface area contributed by atoms with Gasteiger partial charge in [0.05, 0.1) is 28.9 Å². The summed E-state index contributed by atoms with van der Waals surface area (Å²) >= 11 is 6.07. The molecule has 4 aliphatic rings. The summed E-state index contributed by atoms with van der Waals surface area (Å²) in [5.41, 5.74) is 1.43. The van der Waals surface area contributed by atoms with E-state index in [1.165, 1.54) is 12.6 Å². The number of hydrogen-bond donors (Lipinski definition) is 1. The van der Waals surface area contributed by atoms with Gasteiger partial charge in [0.15, 0.2) is 0 Å². The van der Waals surface area contributed by atoms with E-state index in [0.717, 1.165) is 37.7 Å². The molecule has 1 N–H and O–H groups in total. The van der Waals surface area contributed by atoms with E-state index in [9.17, 15) is 14.9 Å². The molecule has 2 atom stereocenters. The lowest BCUT2D eigenvalue weighted by atomic mass is 9.46. The molecule has 35 heavy (non-hydrogen) atoms. The standard InChI is InChI=1S/C25H27ClN6O3/c26-20-3-1-2-17(5-20)13-30-14-21(11-27-30)29-23(33)10-24-6-18-4-19(7-24)9-25(8-18,16-24)31-15-22(12-28-31)32(34)35/h1-3,5,11-12,14-15,18-19H,4,6-10,13,16H2,(H,29,33). The molecule has 0 aliphatic heterocycles. The van der Waals surface area contributed by atoms with Crippen LogP contribution in [-0.4, -0.2) is 30.4 Å². The predicted molar refractivity (Wildman–Crippen MR) is 130 cm³/mol. The number of carbonyl (C=O) groups is 1. The Hall–Kier alpha value is -3.20. The molecule has 4 aliphatic carbocycles. The second-order valence-electron chi connectivity index (χ2n) is 10.9. The molecule has 4 fully saturated rings. The fourth-order valence-corrected chi connectivity index (χ4v) is 7.64. The highest BCUT2D eigenvalue weighted by Crippen LogP contribution is 2.65. The zero-order valence-corrected chi connectivity index (χ0v) is 20.0. The molecule has 4 saturated carbocycles. The molecule has 182 valence electrons. The normalized spacial score (nSPS) is 28.8. The first kappa shape index (κ1) is 22.3. The molecule has 3 aromatic rings. The van der Waals surface area contributed by atoms with Gasteiger partial charge in [-0.25, -0.2) is 0 Å². The molecule has 9 nitrogen and oxygen atoms in total. The maximum absolute atomic E-state index is 13.2. The third kappa shape index (κ3) is 4.22. The molecule has 2 unspecified atom stereocenters. The Morgan fingerprint density at radius 1 is 1.17 bits per heavy atom. The Morgan fingerprint density at radius 3 is 2.69 bits per heavy atom. The average molecular weight is 495 g/mol.